The Bertz CT molecular complexity index is 175. The second-order valence-electron chi connectivity index (χ2n) is 2.88. The van der Waals surface area contributed by atoms with E-state index in [1.54, 1.807) is 0 Å². The molecule has 0 radical (unpaired) electrons. The third kappa shape index (κ3) is 19.0. The van der Waals surface area contributed by atoms with Gasteiger partial charge in [-0.2, -0.15) is 24.6 Å². The van der Waals surface area contributed by atoms with E-state index < -0.39 is 0 Å². The number of hydrogen-bond acceptors (Lipinski definition) is 0. The molecule has 1 rings (SSSR count). The van der Waals surface area contributed by atoms with Crippen LogP contribution in [0.4, 0.5) is 0 Å². The summed E-state index contributed by atoms with van der Waals surface area (Å²) in [6.07, 6.45) is 0. The molecule has 0 saturated heterocycles. The number of halogens is 1. The standard InChI is InChI=1S/C7H7.C3H9Si.ClH.Mg/c1-7-5-3-2-4-6-7;1-4(2)3;;/h2-6H,1H2;4H,1H2,2-3H3;1H;/q2*-1;;+2/p-1. The van der Waals surface area contributed by atoms with Gasteiger partial charge in [0.2, 0.25) is 0 Å². The van der Waals surface area contributed by atoms with Crippen LogP contribution < -0.4 is 12.4 Å². The smallest absolute Gasteiger partial charge is 1.00 e. The van der Waals surface area contributed by atoms with Gasteiger partial charge < -0.3 is 19.0 Å². The molecule has 0 spiro atoms. The van der Waals surface area contributed by atoms with Gasteiger partial charge in [0.15, 0.2) is 0 Å². The minimum absolute atomic E-state index is 0. The molecule has 0 amide bonds. The van der Waals surface area contributed by atoms with Crippen molar-refractivity contribution in [2.24, 2.45) is 0 Å². The Labute approximate surface area is 106 Å². The molecule has 0 heterocycles. The van der Waals surface area contributed by atoms with E-state index in [1.165, 1.54) is 0 Å². The third-order valence-electron chi connectivity index (χ3n) is 0.843. The molecule has 0 aromatic heterocycles. The van der Waals surface area contributed by atoms with E-state index in [0.717, 1.165) is 5.56 Å². The zero-order chi connectivity index (χ0) is 8.69. The zero-order valence-electron chi connectivity index (χ0n) is 8.46. The molecule has 0 aliphatic heterocycles. The molecular weight excluding hydrogens is 208 g/mol. The van der Waals surface area contributed by atoms with Gasteiger partial charge in [0.05, 0.1) is 0 Å². The van der Waals surface area contributed by atoms with Gasteiger partial charge in [0.1, 0.15) is 0 Å². The Balaban J connectivity index is -0.000000150. The van der Waals surface area contributed by atoms with Crippen LogP contribution in [0, 0.1) is 13.5 Å². The van der Waals surface area contributed by atoms with E-state index >= 15 is 0 Å². The van der Waals surface area contributed by atoms with Crippen LogP contribution in [0.2, 0.25) is 13.1 Å². The monoisotopic (exact) mass is 223 g/mol. The third-order valence-corrected chi connectivity index (χ3v) is 0.843. The molecule has 0 atom stereocenters. The first-order chi connectivity index (χ1) is 5.13. The van der Waals surface area contributed by atoms with Crippen molar-refractivity contribution >= 4 is 31.8 Å². The quantitative estimate of drug-likeness (QED) is 0.405. The number of rotatable bonds is 0. The molecule has 70 valence electrons. The van der Waals surface area contributed by atoms with Crippen molar-refractivity contribution in [2.75, 3.05) is 0 Å². The van der Waals surface area contributed by atoms with Gasteiger partial charge in [0, 0.05) is 0 Å². The topological polar surface area (TPSA) is 0 Å². The minimum atomic E-state index is -0.389. The van der Waals surface area contributed by atoms with Crippen LogP contribution in [-0.4, -0.2) is 31.8 Å². The fourth-order valence-corrected chi connectivity index (χ4v) is 0.478. The van der Waals surface area contributed by atoms with E-state index in [1.807, 2.05) is 30.3 Å². The van der Waals surface area contributed by atoms with Crippen LogP contribution in [0.5, 0.6) is 0 Å². The van der Waals surface area contributed by atoms with E-state index in [-0.39, 0.29) is 44.3 Å². The molecule has 13 heavy (non-hydrogen) atoms. The van der Waals surface area contributed by atoms with Crippen molar-refractivity contribution in [2.45, 2.75) is 13.1 Å². The molecule has 0 saturated carbocycles. The molecule has 0 bridgehead atoms. The maximum absolute atomic E-state index is 3.78. The fourth-order valence-electron chi connectivity index (χ4n) is 0.478. The van der Waals surface area contributed by atoms with Crippen LogP contribution in [0.25, 0.3) is 0 Å². The predicted octanol–water partition coefficient (Wildman–Crippen LogP) is -0.662. The molecule has 3 heteroatoms. The van der Waals surface area contributed by atoms with Crippen LogP contribution >= 0.6 is 0 Å². The summed E-state index contributed by atoms with van der Waals surface area (Å²) in [5, 5.41) is 0. The van der Waals surface area contributed by atoms with E-state index in [4.69, 9.17) is 0 Å². The maximum atomic E-state index is 3.78. The average Bonchev–Trinajstić information content (AvgIpc) is 1.87. The summed E-state index contributed by atoms with van der Waals surface area (Å²) in [5.74, 6) is 0. The molecule has 0 aliphatic carbocycles. The van der Waals surface area contributed by atoms with Crippen LogP contribution in [0.1, 0.15) is 5.56 Å². The molecule has 0 N–H and O–H groups in total. The van der Waals surface area contributed by atoms with Crippen LogP contribution in [0.3, 0.4) is 0 Å². The summed E-state index contributed by atoms with van der Waals surface area (Å²) in [6, 6.07) is 9.87. The normalized spacial score (nSPS) is 7.38. The summed E-state index contributed by atoms with van der Waals surface area (Å²) in [4.78, 5) is 0. The van der Waals surface area contributed by atoms with Crippen molar-refractivity contribution in [1.82, 2.24) is 0 Å². The fraction of sp³-hybridized carbons (Fsp3) is 0.200. The summed E-state index contributed by atoms with van der Waals surface area (Å²) in [6.45, 7) is 11.9. The summed E-state index contributed by atoms with van der Waals surface area (Å²) >= 11 is 0. The van der Waals surface area contributed by atoms with Gasteiger partial charge >= 0.3 is 23.1 Å². The van der Waals surface area contributed by atoms with E-state index in [2.05, 4.69) is 26.6 Å². The molecular formula is C10H16ClMgSi-. The molecule has 0 aliphatic rings. The summed E-state index contributed by atoms with van der Waals surface area (Å²) in [5.41, 5.74) is 1.07. The molecule has 0 fully saturated rings. The first-order valence-electron chi connectivity index (χ1n) is 3.83. The number of hydrogen-bond donors (Lipinski definition) is 0. The maximum Gasteiger partial charge on any atom is 2.00 e. The van der Waals surface area contributed by atoms with E-state index in [0.29, 0.717) is 0 Å². The Morgan fingerprint density at radius 2 is 1.38 bits per heavy atom. The largest absolute Gasteiger partial charge is 2.00 e. The Hall–Kier alpha value is 0.363. The van der Waals surface area contributed by atoms with Gasteiger partial charge in [0.25, 0.3) is 0 Å². The molecule has 1 aromatic carbocycles. The van der Waals surface area contributed by atoms with Gasteiger partial charge in [-0.25, -0.2) is 0 Å². The van der Waals surface area contributed by atoms with Crippen molar-refractivity contribution in [1.29, 1.82) is 0 Å². The van der Waals surface area contributed by atoms with Gasteiger partial charge in [-0.05, 0) is 0 Å². The van der Waals surface area contributed by atoms with Crippen molar-refractivity contribution in [3.63, 3.8) is 0 Å². The SMILES string of the molecule is [CH2-][SiH](C)C.[CH2-]c1ccccc1.[Cl-].[Mg+2]. The first-order valence-corrected chi connectivity index (χ1v) is 6.95. The van der Waals surface area contributed by atoms with Crippen molar-refractivity contribution in [3.05, 3.63) is 49.4 Å². The average molecular weight is 224 g/mol. The molecule has 0 nitrogen and oxygen atoms in total. The van der Waals surface area contributed by atoms with Crippen molar-refractivity contribution < 1.29 is 12.4 Å². The predicted molar refractivity (Wildman–Crippen MR) is 60.9 cm³/mol. The Morgan fingerprint density at radius 3 is 1.54 bits per heavy atom. The molecule has 0 unspecified atom stereocenters. The number of benzene rings is 1. The van der Waals surface area contributed by atoms with Crippen LogP contribution in [0.15, 0.2) is 30.3 Å². The Kier molecular flexibility index (Phi) is 18.1. The van der Waals surface area contributed by atoms with Gasteiger partial charge in [-0.15, -0.1) is 20.9 Å². The van der Waals surface area contributed by atoms with Crippen LogP contribution in [-0.2, 0) is 0 Å². The second kappa shape index (κ2) is 12.4. The zero-order valence-corrected chi connectivity index (χ0v) is 11.8. The van der Waals surface area contributed by atoms with Crippen molar-refractivity contribution in [3.8, 4) is 0 Å². The first kappa shape index (κ1) is 19.0. The molecule has 1 aromatic rings. The minimum Gasteiger partial charge on any atom is -1.00 e. The van der Waals surface area contributed by atoms with Gasteiger partial charge in [-0.3, -0.25) is 0 Å². The summed E-state index contributed by atoms with van der Waals surface area (Å²) < 4.78 is 0. The summed E-state index contributed by atoms with van der Waals surface area (Å²) in [7, 11) is -0.389. The van der Waals surface area contributed by atoms with Gasteiger partial charge in [-0.1, -0.05) is 19.2 Å². The van der Waals surface area contributed by atoms with E-state index in [9.17, 15) is 0 Å². The second-order valence-corrected chi connectivity index (χ2v) is 5.67. The Morgan fingerprint density at radius 1 is 1.08 bits per heavy atom.